The lowest BCUT2D eigenvalue weighted by atomic mass is 10.1. The van der Waals surface area contributed by atoms with Crippen molar-refractivity contribution < 1.29 is 4.39 Å². The summed E-state index contributed by atoms with van der Waals surface area (Å²) in [5, 5.41) is 0. The van der Waals surface area contributed by atoms with Crippen molar-refractivity contribution in [2.75, 3.05) is 14.1 Å². The van der Waals surface area contributed by atoms with Gasteiger partial charge < -0.3 is 4.90 Å². The molecule has 0 unspecified atom stereocenters. The van der Waals surface area contributed by atoms with Crippen LogP contribution in [0.15, 0.2) is 43.1 Å². The minimum Gasteiger partial charge on any atom is -0.383 e. The van der Waals surface area contributed by atoms with Crippen molar-refractivity contribution in [2.45, 2.75) is 0 Å². The fourth-order valence-corrected chi connectivity index (χ4v) is 1.05. The van der Waals surface area contributed by atoms with Crippen LogP contribution in [0, 0.1) is 5.82 Å². The van der Waals surface area contributed by atoms with E-state index in [0.29, 0.717) is 11.1 Å². The van der Waals surface area contributed by atoms with Crippen LogP contribution in [0.4, 0.5) is 4.39 Å². The van der Waals surface area contributed by atoms with E-state index in [-0.39, 0.29) is 5.82 Å². The van der Waals surface area contributed by atoms with Gasteiger partial charge in [-0.25, -0.2) is 4.39 Å². The molecule has 1 rings (SSSR count). The highest BCUT2D eigenvalue weighted by molar-refractivity contribution is 5.72. The molecule has 14 heavy (non-hydrogen) atoms. The van der Waals surface area contributed by atoms with Crippen molar-refractivity contribution in [1.82, 2.24) is 4.90 Å². The number of halogens is 1. The topological polar surface area (TPSA) is 3.24 Å². The van der Waals surface area contributed by atoms with Gasteiger partial charge in [-0.2, -0.15) is 0 Å². The zero-order chi connectivity index (χ0) is 10.6. The summed E-state index contributed by atoms with van der Waals surface area (Å²) < 4.78 is 13.3. The molecule has 0 spiro atoms. The summed E-state index contributed by atoms with van der Waals surface area (Å²) >= 11 is 0. The first-order valence-corrected chi connectivity index (χ1v) is 4.39. The number of rotatable bonds is 3. The Balaban J connectivity index is 2.85. The van der Waals surface area contributed by atoms with Gasteiger partial charge in [0.2, 0.25) is 0 Å². The molecular weight excluding hydrogens is 177 g/mol. The number of hydrogen-bond acceptors (Lipinski definition) is 1. The maximum atomic E-state index is 13.3. The molecule has 1 aromatic rings. The van der Waals surface area contributed by atoms with Crippen molar-refractivity contribution in [2.24, 2.45) is 0 Å². The van der Waals surface area contributed by atoms with Crippen molar-refractivity contribution in [3.05, 3.63) is 54.5 Å². The zero-order valence-corrected chi connectivity index (χ0v) is 8.50. The van der Waals surface area contributed by atoms with Gasteiger partial charge in [-0.05, 0) is 23.9 Å². The molecule has 0 atom stereocenters. The van der Waals surface area contributed by atoms with E-state index in [1.165, 1.54) is 6.07 Å². The molecule has 0 fully saturated rings. The Morgan fingerprint density at radius 2 is 2.00 bits per heavy atom. The largest absolute Gasteiger partial charge is 0.383 e. The first-order chi connectivity index (χ1) is 6.61. The summed E-state index contributed by atoms with van der Waals surface area (Å²) in [5.74, 6) is -0.235. The third-order valence-corrected chi connectivity index (χ3v) is 1.79. The highest BCUT2D eigenvalue weighted by atomic mass is 19.1. The van der Waals surface area contributed by atoms with E-state index < -0.39 is 0 Å². The predicted octanol–water partition coefficient (Wildman–Crippen LogP) is 2.91. The summed E-state index contributed by atoms with van der Waals surface area (Å²) in [6, 6.07) is 6.62. The van der Waals surface area contributed by atoms with Gasteiger partial charge in [-0.1, -0.05) is 24.8 Å². The second kappa shape index (κ2) is 4.61. The molecule has 2 heteroatoms. The standard InChI is InChI=1S/C12H14FN/c1-10(8-9-14(2)3)11-6-4-5-7-12(11)13/h4-9H,1H2,2-3H3/b9-8+. The van der Waals surface area contributed by atoms with E-state index in [1.54, 1.807) is 24.3 Å². The lowest BCUT2D eigenvalue weighted by Gasteiger charge is -2.05. The number of hydrogen-bond donors (Lipinski definition) is 0. The van der Waals surface area contributed by atoms with Crippen LogP contribution in [-0.4, -0.2) is 19.0 Å². The van der Waals surface area contributed by atoms with Crippen LogP contribution in [-0.2, 0) is 0 Å². The maximum absolute atomic E-state index is 13.3. The summed E-state index contributed by atoms with van der Waals surface area (Å²) in [6.45, 7) is 3.80. The molecule has 0 saturated heterocycles. The van der Waals surface area contributed by atoms with Gasteiger partial charge >= 0.3 is 0 Å². The predicted molar refractivity (Wildman–Crippen MR) is 58.3 cm³/mol. The number of allylic oxidation sites excluding steroid dienone is 2. The van der Waals surface area contributed by atoms with E-state index in [4.69, 9.17) is 0 Å². The molecule has 0 aliphatic carbocycles. The number of nitrogens with zero attached hydrogens (tertiary/aromatic N) is 1. The number of benzene rings is 1. The Morgan fingerprint density at radius 3 is 2.57 bits per heavy atom. The molecule has 0 aliphatic rings. The first-order valence-electron chi connectivity index (χ1n) is 4.39. The van der Waals surface area contributed by atoms with E-state index in [9.17, 15) is 4.39 Å². The molecule has 0 radical (unpaired) electrons. The second-order valence-corrected chi connectivity index (χ2v) is 3.28. The molecule has 0 N–H and O–H groups in total. The average molecular weight is 191 g/mol. The quantitative estimate of drug-likeness (QED) is 0.664. The van der Waals surface area contributed by atoms with Gasteiger partial charge in [0, 0.05) is 19.7 Å². The molecule has 0 heterocycles. The van der Waals surface area contributed by atoms with Crippen molar-refractivity contribution in [1.29, 1.82) is 0 Å². The minimum absolute atomic E-state index is 0.235. The third kappa shape index (κ3) is 2.73. The SMILES string of the molecule is C=C(/C=C/N(C)C)c1ccccc1F. The Hall–Kier alpha value is -1.57. The van der Waals surface area contributed by atoms with Gasteiger partial charge in [0.05, 0.1) is 0 Å². The Labute approximate surface area is 84.2 Å². The van der Waals surface area contributed by atoms with Gasteiger partial charge in [-0.3, -0.25) is 0 Å². The minimum atomic E-state index is -0.235. The summed E-state index contributed by atoms with van der Waals surface area (Å²) in [6.07, 6.45) is 3.63. The van der Waals surface area contributed by atoms with E-state index >= 15 is 0 Å². The van der Waals surface area contributed by atoms with Crippen LogP contribution in [0.5, 0.6) is 0 Å². The van der Waals surface area contributed by atoms with Gasteiger partial charge in [0.1, 0.15) is 5.82 Å². The fourth-order valence-electron chi connectivity index (χ4n) is 1.05. The first kappa shape index (κ1) is 10.5. The summed E-state index contributed by atoms with van der Waals surface area (Å²) in [5.41, 5.74) is 1.22. The smallest absolute Gasteiger partial charge is 0.131 e. The van der Waals surface area contributed by atoms with Crippen LogP contribution in [0.1, 0.15) is 5.56 Å². The molecular formula is C12H14FN. The van der Waals surface area contributed by atoms with Crippen molar-refractivity contribution in [3.8, 4) is 0 Å². The Morgan fingerprint density at radius 1 is 1.36 bits per heavy atom. The van der Waals surface area contributed by atoms with Gasteiger partial charge in [0.15, 0.2) is 0 Å². The highest BCUT2D eigenvalue weighted by Crippen LogP contribution is 2.17. The van der Waals surface area contributed by atoms with Crippen LogP contribution in [0.3, 0.4) is 0 Å². The van der Waals surface area contributed by atoms with Crippen LogP contribution < -0.4 is 0 Å². The maximum Gasteiger partial charge on any atom is 0.131 e. The molecule has 0 bridgehead atoms. The summed E-state index contributed by atoms with van der Waals surface area (Å²) in [7, 11) is 3.82. The lowest BCUT2D eigenvalue weighted by Crippen LogP contribution is -2.00. The molecule has 1 aromatic carbocycles. The molecule has 0 aliphatic heterocycles. The summed E-state index contributed by atoms with van der Waals surface area (Å²) in [4.78, 5) is 1.88. The van der Waals surface area contributed by atoms with Gasteiger partial charge in [0.25, 0.3) is 0 Å². The third-order valence-electron chi connectivity index (χ3n) is 1.79. The van der Waals surface area contributed by atoms with E-state index in [0.717, 1.165) is 0 Å². The van der Waals surface area contributed by atoms with Crippen molar-refractivity contribution >= 4 is 5.57 Å². The normalized spacial score (nSPS) is 10.5. The molecule has 0 saturated carbocycles. The molecule has 74 valence electrons. The molecule has 1 nitrogen and oxygen atoms in total. The van der Waals surface area contributed by atoms with E-state index in [2.05, 4.69) is 6.58 Å². The second-order valence-electron chi connectivity index (χ2n) is 3.28. The molecule has 0 amide bonds. The van der Waals surface area contributed by atoms with Crippen LogP contribution >= 0.6 is 0 Å². The molecule has 0 aromatic heterocycles. The van der Waals surface area contributed by atoms with Crippen LogP contribution in [0.2, 0.25) is 0 Å². The Kier molecular flexibility index (Phi) is 3.46. The lowest BCUT2D eigenvalue weighted by molar-refractivity contribution is 0.564. The highest BCUT2D eigenvalue weighted by Gasteiger charge is 2.01. The fraction of sp³-hybridized carbons (Fsp3) is 0.167. The van der Waals surface area contributed by atoms with Crippen LogP contribution in [0.25, 0.3) is 5.57 Å². The monoisotopic (exact) mass is 191 g/mol. The average Bonchev–Trinajstić information content (AvgIpc) is 2.15. The van der Waals surface area contributed by atoms with Crippen molar-refractivity contribution in [3.63, 3.8) is 0 Å². The van der Waals surface area contributed by atoms with E-state index in [1.807, 2.05) is 25.2 Å². The zero-order valence-electron chi connectivity index (χ0n) is 8.50. The Bertz CT molecular complexity index is 353. The van der Waals surface area contributed by atoms with Gasteiger partial charge in [-0.15, -0.1) is 0 Å².